The molecule has 0 saturated heterocycles. The van der Waals surface area contributed by atoms with E-state index in [1.54, 1.807) is 6.20 Å². The lowest BCUT2D eigenvalue weighted by Crippen LogP contribution is -2.03. The van der Waals surface area contributed by atoms with Gasteiger partial charge in [-0.25, -0.2) is 4.98 Å². The maximum atomic E-state index is 4.65. The first-order valence-corrected chi connectivity index (χ1v) is 7.14. The van der Waals surface area contributed by atoms with Crippen LogP contribution >= 0.6 is 0 Å². The number of hydrogen-bond acceptors (Lipinski definition) is 2. The summed E-state index contributed by atoms with van der Waals surface area (Å²) in [7, 11) is 0. The second-order valence-electron chi connectivity index (χ2n) is 5.51. The summed E-state index contributed by atoms with van der Waals surface area (Å²) >= 11 is 0. The third kappa shape index (κ3) is 2.87. The molecule has 3 aromatic rings. The van der Waals surface area contributed by atoms with Crippen molar-refractivity contribution >= 4 is 0 Å². The molecule has 0 atom stereocenters. The summed E-state index contributed by atoms with van der Waals surface area (Å²) in [6, 6.07) is 10.6. The summed E-state index contributed by atoms with van der Waals surface area (Å²) in [5.74, 6) is 0.974. The molecule has 0 N–H and O–H groups in total. The van der Waals surface area contributed by atoms with Crippen molar-refractivity contribution in [3.63, 3.8) is 0 Å². The Kier molecular flexibility index (Phi) is 3.57. The lowest BCUT2D eigenvalue weighted by Gasteiger charge is -2.11. The van der Waals surface area contributed by atoms with Gasteiger partial charge in [-0.2, -0.15) is 0 Å². The molecular formula is C18H19N3. The molecule has 3 heteroatoms. The lowest BCUT2D eigenvalue weighted by molar-refractivity contribution is 0.799. The van der Waals surface area contributed by atoms with E-state index in [4.69, 9.17) is 0 Å². The molecular weight excluding hydrogens is 258 g/mol. The van der Waals surface area contributed by atoms with Crippen molar-refractivity contribution in [2.24, 2.45) is 0 Å². The van der Waals surface area contributed by atoms with E-state index in [9.17, 15) is 0 Å². The van der Waals surface area contributed by atoms with E-state index in [0.717, 1.165) is 23.6 Å². The molecule has 0 spiro atoms. The van der Waals surface area contributed by atoms with E-state index < -0.39 is 0 Å². The van der Waals surface area contributed by atoms with Crippen LogP contribution in [0.4, 0.5) is 0 Å². The average molecular weight is 277 g/mol. The predicted octanol–water partition coefficient (Wildman–Crippen LogP) is 3.92. The minimum absolute atomic E-state index is 0.832. The fraction of sp³-hybridized carbons (Fsp3) is 0.222. The van der Waals surface area contributed by atoms with Crippen LogP contribution in [-0.2, 0) is 6.54 Å². The Morgan fingerprint density at radius 2 is 1.95 bits per heavy atom. The number of imidazole rings is 1. The van der Waals surface area contributed by atoms with Crippen LogP contribution in [0.1, 0.15) is 22.4 Å². The predicted molar refractivity (Wildman–Crippen MR) is 85.2 cm³/mol. The fourth-order valence-electron chi connectivity index (χ4n) is 2.55. The number of pyridine rings is 1. The zero-order chi connectivity index (χ0) is 14.8. The molecule has 0 amide bonds. The van der Waals surface area contributed by atoms with Gasteiger partial charge in [0.05, 0.1) is 5.69 Å². The molecule has 21 heavy (non-hydrogen) atoms. The van der Waals surface area contributed by atoms with Crippen LogP contribution < -0.4 is 0 Å². The van der Waals surface area contributed by atoms with Crippen molar-refractivity contribution in [1.82, 2.24) is 14.5 Å². The van der Waals surface area contributed by atoms with Gasteiger partial charge in [0, 0.05) is 30.7 Å². The Morgan fingerprint density at radius 1 is 1.10 bits per heavy atom. The first-order chi connectivity index (χ1) is 10.1. The number of aromatic nitrogens is 3. The first-order valence-electron chi connectivity index (χ1n) is 7.14. The Labute approximate surface area is 125 Å². The maximum Gasteiger partial charge on any atom is 0.142 e. The van der Waals surface area contributed by atoms with Crippen molar-refractivity contribution in [3.8, 4) is 11.4 Å². The Morgan fingerprint density at radius 3 is 2.71 bits per heavy atom. The number of rotatable bonds is 3. The quantitative estimate of drug-likeness (QED) is 0.726. The number of benzene rings is 1. The summed E-state index contributed by atoms with van der Waals surface area (Å²) in [5, 5.41) is 0. The number of aryl methyl sites for hydroxylation is 3. The zero-order valence-electron chi connectivity index (χ0n) is 12.7. The molecule has 106 valence electrons. The van der Waals surface area contributed by atoms with Crippen LogP contribution in [0.2, 0.25) is 0 Å². The lowest BCUT2D eigenvalue weighted by atomic mass is 10.1. The molecule has 1 aromatic carbocycles. The summed E-state index contributed by atoms with van der Waals surface area (Å²) in [5.41, 5.74) is 6.01. The molecule has 0 unspecified atom stereocenters. The van der Waals surface area contributed by atoms with Crippen LogP contribution in [-0.4, -0.2) is 14.5 Å². The second kappa shape index (κ2) is 5.52. The van der Waals surface area contributed by atoms with Gasteiger partial charge in [0.25, 0.3) is 0 Å². The largest absolute Gasteiger partial charge is 0.326 e. The molecule has 3 rings (SSSR count). The van der Waals surface area contributed by atoms with Crippen LogP contribution in [0.15, 0.2) is 48.9 Å². The van der Waals surface area contributed by atoms with Gasteiger partial charge in [0.1, 0.15) is 5.82 Å². The third-order valence-corrected chi connectivity index (χ3v) is 3.66. The van der Waals surface area contributed by atoms with Crippen molar-refractivity contribution in [2.75, 3.05) is 0 Å². The second-order valence-corrected chi connectivity index (χ2v) is 5.51. The highest BCUT2D eigenvalue weighted by atomic mass is 15.1. The smallest absolute Gasteiger partial charge is 0.142 e. The SMILES string of the molecule is Cc1ccc(C)c(Cn2cc(C)nc2-c2cccnc2)c1. The van der Waals surface area contributed by atoms with E-state index >= 15 is 0 Å². The van der Waals surface area contributed by atoms with Crippen LogP contribution in [0.25, 0.3) is 11.4 Å². The summed E-state index contributed by atoms with van der Waals surface area (Å²) in [6.07, 6.45) is 5.75. The Hall–Kier alpha value is -2.42. The zero-order valence-corrected chi connectivity index (χ0v) is 12.7. The minimum atomic E-state index is 0.832. The van der Waals surface area contributed by atoms with E-state index in [-0.39, 0.29) is 0 Å². The molecule has 0 saturated carbocycles. The topological polar surface area (TPSA) is 30.7 Å². The Bertz CT molecular complexity index is 757. The molecule has 0 fully saturated rings. The monoisotopic (exact) mass is 277 g/mol. The molecule has 0 aliphatic carbocycles. The van der Waals surface area contributed by atoms with E-state index in [0.29, 0.717) is 0 Å². The number of hydrogen-bond donors (Lipinski definition) is 0. The highest BCUT2D eigenvalue weighted by Gasteiger charge is 2.10. The van der Waals surface area contributed by atoms with Gasteiger partial charge in [-0.1, -0.05) is 23.8 Å². The van der Waals surface area contributed by atoms with Gasteiger partial charge in [-0.15, -0.1) is 0 Å². The number of nitrogens with zero attached hydrogens (tertiary/aromatic N) is 3. The average Bonchev–Trinajstić information content (AvgIpc) is 2.85. The third-order valence-electron chi connectivity index (χ3n) is 3.66. The van der Waals surface area contributed by atoms with Crippen molar-refractivity contribution in [2.45, 2.75) is 27.3 Å². The van der Waals surface area contributed by atoms with Gasteiger partial charge in [-0.3, -0.25) is 4.98 Å². The first kappa shape index (κ1) is 13.6. The van der Waals surface area contributed by atoms with Crippen molar-refractivity contribution in [1.29, 1.82) is 0 Å². The molecule has 0 radical (unpaired) electrons. The summed E-state index contributed by atoms with van der Waals surface area (Å²) in [4.78, 5) is 8.85. The molecule has 3 nitrogen and oxygen atoms in total. The van der Waals surface area contributed by atoms with Gasteiger partial charge in [0.15, 0.2) is 0 Å². The molecule has 2 aromatic heterocycles. The summed E-state index contributed by atoms with van der Waals surface area (Å²) < 4.78 is 2.20. The highest BCUT2D eigenvalue weighted by Crippen LogP contribution is 2.20. The molecule has 0 aliphatic heterocycles. The fourth-order valence-corrected chi connectivity index (χ4v) is 2.55. The summed E-state index contributed by atoms with van der Waals surface area (Å²) in [6.45, 7) is 7.14. The van der Waals surface area contributed by atoms with Gasteiger partial charge < -0.3 is 4.57 Å². The normalized spacial score (nSPS) is 10.8. The highest BCUT2D eigenvalue weighted by molar-refractivity contribution is 5.54. The Balaban J connectivity index is 2.02. The van der Waals surface area contributed by atoms with Crippen molar-refractivity contribution in [3.05, 3.63) is 71.3 Å². The van der Waals surface area contributed by atoms with Gasteiger partial charge >= 0.3 is 0 Å². The van der Waals surface area contributed by atoms with E-state index in [1.807, 2.05) is 25.3 Å². The molecule has 2 heterocycles. The van der Waals surface area contributed by atoms with Crippen LogP contribution in [0, 0.1) is 20.8 Å². The van der Waals surface area contributed by atoms with Crippen molar-refractivity contribution < 1.29 is 0 Å². The maximum absolute atomic E-state index is 4.65. The van der Waals surface area contributed by atoms with Crippen LogP contribution in [0.5, 0.6) is 0 Å². The van der Waals surface area contributed by atoms with Gasteiger partial charge in [0.2, 0.25) is 0 Å². The molecule has 0 aliphatic rings. The standard InChI is InChI=1S/C18H19N3/c1-13-6-7-14(2)17(9-13)12-21-11-15(3)20-18(21)16-5-4-8-19-10-16/h4-11H,12H2,1-3H3. The van der Waals surface area contributed by atoms with E-state index in [1.165, 1.54) is 16.7 Å². The minimum Gasteiger partial charge on any atom is -0.326 e. The van der Waals surface area contributed by atoms with Gasteiger partial charge in [-0.05, 0) is 44.0 Å². The molecule has 0 bridgehead atoms. The van der Waals surface area contributed by atoms with E-state index in [2.05, 4.69) is 52.8 Å². The van der Waals surface area contributed by atoms with Crippen LogP contribution in [0.3, 0.4) is 0 Å².